The second kappa shape index (κ2) is 8.02. The molecule has 28 heavy (non-hydrogen) atoms. The molecular formula is C23H27FN2O2. The Morgan fingerprint density at radius 1 is 1.11 bits per heavy atom. The highest BCUT2D eigenvalue weighted by atomic mass is 19.1. The summed E-state index contributed by atoms with van der Waals surface area (Å²) in [5, 5.41) is 13.5. The van der Waals surface area contributed by atoms with E-state index in [0.29, 0.717) is 19.5 Å². The van der Waals surface area contributed by atoms with Crippen molar-refractivity contribution < 1.29 is 14.3 Å². The lowest BCUT2D eigenvalue weighted by molar-refractivity contribution is -0.127. The van der Waals surface area contributed by atoms with Crippen molar-refractivity contribution in [2.75, 3.05) is 6.54 Å². The number of benzene rings is 2. The Labute approximate surface area is 165 Å². The molecule has 1 heterocycles. The molecule has 148 valence electrons. The molecule has 1 aliphatic heterocycles. The minimum Gasteiger partial charge on any atom is -0.392 e. The number of β-amino-alcohol motifs (C(OH)–C–C–N with tert-alkyl or cyclic N) is 1. The minimum absolute atomic E-state index is 0.0429. The van der Waals surface area contributed by atoms with Gasteiger partial charge in [-0.2, -0.15) is 0 Å². The third-order valence-electron chi connectivity index (χ3n) is 6.13. The lowest BCUT2D eigenvalue weighted by Crippen LogP contribution is -2.51. The summed E-state index contributed by atoms with van der Waals surface area (Å²) >= 11 is 0. The molecular weight excluding hydrogens is 355 g/mol. The van der Waals surface area contributed by atoms with Crippen LogP contribution >= 0.6 is 0 Å². The summed E-state index contributed by atoms with van der Waals surface area (Å²) in [7, 11) is 0. The first-order chi connectivity index (χ1) is 13.6. The fourth-order valence-electron chi connectivity index (χ4n) is 4.70. The van der Waals surface area contributed by atoms with E-state index in [2.05, 4.69) is 10.2 Å². The van der Waals surface area contributed by atoms with Crippen molar-refractivity contribution in [1.82, 2.24) is 10.2 Å². The Kier molecular flexibility index (Phi) is 5.47. The number of carbonyl (C=O) groups is 1. The van der Waals surface area contributed by atoms with Gasteiger partial charge in [-0.3, -0.25) is 9.69 Å². The van der Waals surface area contributed by atoms with Gasteiger partial charge in [-0.15, -0.1) is 0 Å². The van der Waals surface area contributed by atoms with Crippen molar-refractivity contribution in [1.29, 1.82) is 0 Å². The van der Waals surface area contributed by atoms with Gasteiger partial charge in [0.25, 0.3) is 0 Å². The Bertz CT molecular complexity index is 803. The Morgan fingerprint density at radius 3 is 2.46 bits per heavy atom. The summed E-state index contributed by atoms with van der Waals surface area (Å²) in [6.07, 6.45) is 3.75. The predicted molar refractivity (Wildman–Crippen MR) is 106 cm³/mol. The molecule has 0 spiro atoms. The number of aliphatic hydroxyl groups excluding tert-OH is 1. The maximum Gasteiger partial charge on any atom is 0.238 e. The molecule has 2 aromatic rings. The van der Waals surface area contributed by atoms with E-state index in [9.17, 15) is 14.3 Å². The van der Waals surface area contributed by atoms with Crippen LogP contribution in [0.5, 0.6) is 0 Å². The van der Waals surface area contributed by atoms with Gasteiger partial charge in [-0.25, -0.2) is 4.39 Å². The quantitative estimate of drug-likeness (QED) is 0.834. The zero-order valence-corrected chi connectivity index (χ0v) is 16.0. The molecule has 1 aliphatic carbocycles. The molecule has 4 nitrogen and oxygen atoms in total. The van der Waals surface area contributed by atoms with Crippen molar-refractivity contribution in [3.63, 3.8) is 0 Å². The number of amides is 1. The average molecular weight is 382 g/mol. The highest BCUT2D eigenvalue weighted by molar-refractivity contribution is 5.83. The molecule has 1 amide bonds. The molecule has 2 atom stereocenters. The van der Waals surface area contributed by atoms with Gasteiger partial charge in [0.05, 0.1) is 17.7 Å². The topological polar surface area (TPSA) is 52.6 Å². The summed E-state index contributed by atoms with van der Waals surface area (Å²) < 4.78 is 13.4. The molecule has 2 N–H and O–H groups in total. The number of hydrogen-bond donors (Lipinski definition) is 2. The fraction of sp³-hybridized carbons (Fsp3) is 0.435. The average Bonchev–Trinajstić information content (AvgIpc) is 3.30. The molecule has 0 radical (unpaired) electrons. The smallest absolute Gasteiger partial charge is 0.238 e. The minimum atomic E-state index is -0.496. The number of nitrogens with one attached hydrogen (secondary N) is 1. The van der Waals surface area contributed by atoms with Gasteiger partial charge in [-0.1, -0.05) is 55.3 Å². The van der Waals surface area contributed by atoms with Crippen LogP contribution in [0, 0.1) is 5.82 Å². The van der Waals surface area contributed by atoms with Gasteiger partial charge in [0.1, 0.15) is 5.82 Å². The first-order valence-electron chi connectivity index (χ1n) is 10.1. The van der Waals surface area contributed by atoms with Crippen molar-refractivity contribution in [3.8, 4) is 0 Å². The normalized spacial score (nSPS) is 24.4. The number of hydrogen-bond acceptors (Lipinski definition) is 3. The van der Waals surface area contributed by atoms with Crippen LogP contribution in [0.2, 0.25) is 0 Å². The summed E-state index contributed by atoms with van der Waals surface area (Å²) in [6.45, 7) is 1.13. The predicted octanol–water partition coefficient (Wildman–Crippen LogP) is 3.35. The molecule has 2 aromatic carbocycles. The number of nitrogens with zero attached hydrogens (tertiary/aromatic N) is 1. The van der Waals surface area contributed by atoms with E-state index in [0.717, 1.165) is 36.8 Å². The van der Waals surface area contributed by atoms with Gasteiger partial charge in [-0.05, 0) is 42.5 Å². The SMILES string of the molecule is O=C(NC1(c2ccc(F)cc2)CCCC1)C1CC(O)CN1Cc1ccccc1. The van der Waals surface area contributed by atoms with Crippen LogP contribution in [0.1, 0.15) is 43.2 Å². The zero-order valence-electron chi connectivity index (χ0n) is 16.0. The van der Waals surface area contributed by atoms with Crippen molar-refractivity contribution >= 4 is 5.91 Å². The molecule has 2 fully saturated rings. The van der Waals surface area contributed by atoms with Crippen molar-refractivity contribution in [2.24, 2.45) is 0 Å². The van der Waals surface area contributed by atoms with Crippen LogP contribution in [-0.2, 0) is 16.9 Å². The maximum absolute atomic E-state index is 13.4. The fourth-order valence-corrected chi connectivity index (χ4v) is 4.70. The molecule has 2 unspecified atom stereocenters. The van der Waals surface area contributed by atoms with Gasteiger partial charge in [0, 0.05) is 13.1 Å². The first-order valence-corrected chi connectivity index (χ1v) is 10.1. The van der Waals surface area contributed by atoms with Gasteiger partial charge in [0.15, 0.2) is 0 Å². The molecule has 5 heteroatoms. The van der Waals surface area contributed by atoms with E-state index < -0.39 is 11.6 Å². The van der Waals surface area contributed by atoms with Crippen LogP contribution in [0.15, 0.2) is 54.6 Å². The third-order valence-corrected chi connectivity index (χ3v) is 6.13. The van der Waals surface area contributed by atoms with E-state index in [1.54, 1.807) is 12.1 Å². The highest BCUT2D eigenvalue weighted by Crippen LogP contribution is 2.39. The van der Waals surface area contributed by atoms with Gasteiger partial charge in [0.2, 0.25) is 5.91 Å². The third kappa shape index (κ3) is 3.96. The second-order valence-corrected chi connectivity index (χ2v) is 8.11. The summed E-state index contributed by atoms with van der Waals surface area (Å²) in [6, 6.07) is 16.2. The van der Waals surface area contributed by atoms with Crippen LogP contribution in [0.4, 0.5) is 4.39 Å². The molecule has 1 saturated heterocycles. The first kappa shape index (κ1) is 19.1. The molecule has 4 rings (SSSR count). The van der Waals surface area contributed by atoms with E-state index in [1.807, 2.05) is 30.3 Å². The van der Waals surface area contributed by atoms with E-state index in [4.69, 9.17) is 0 Å². The van der Waals surface area contributed by atoms with Crippen LogP contribution < -0.4 is 5.32 Å². The summed E-state index contributed by atoms with van der Waals surface area (Å²) in [4.78, 5) is 15.3. The monoisotopic (exact) mass is 382 g/mol. The number of likely N-dealkylation sites (tertiary alicyclic amines) is 1. The lowest BCUT2D eigenvalue weighted by Gasteiger charge is -2.34. The molecule has 0 bridgehead atoms. The van der Waals surface area contributed by atoms with E-state index >= 15 is 0 Å². The standard InChI is InChI=1S/C23H27FN2O2/c24-19-10-8-18(9-11-19)23(12-4-5-13-23)25-22(28)21-14-20(27)16-26(21)15-17-6-2-1-3-7-17/h1-3,6-11,20-21,27H,4-5,12-16H2,(H,25,28). The zero-order chi connectivity index (χ0) is 19.6. The Hall–Kier alpha value is -2.24. The lowest BCUT2D eigenvalue weighted by atomic mass is 9.87. The molecule has 1 saturated carbocycles. The van der Waals surface area contributed by atoms with Crippen LogP contribution in [0.25, 0.3) is 0 Å². The van der Waals surface area contributed by atoms with E-state index in [-0.39, 0.29) is 17.8 Å². The van der Waals surface area contributed by atoms with Gasteiger partial charge >= 0.3 is 0 Å². The van der Waals surface area contributed by atoms with Crippen molar-refractivity contribution in [3.05, 3.63) is 71.5 Å². The van der Waals surface area contributed by atoms with Crippen molar-refractivity contribution in [2.45, 2.75) is 56.3 Å². The molecule has 0 aromatic heterocycles. The maximum atomic E-state index is 13.4. The van der Waals surface area contributed by atoms with E-state index in [1.165, 1.54) is 12.1 Å². The number of aliphatic hydroxyl groups is 1. The van der Waals surface area contributed by atoms with Crippen LogP contribution in [0.3, 0.4) is 0 Å². The summed E-state index contributed by atoms with van der Waals surface area (Å²) in [5.74, 6) is -0.310. The Balaban J connectivity index is 1.52. The van der Waals surface area contributed by atoms with Crippen LogP contribution in [-0.4, -0.2) is 34.6 Å². The number of halogens is 1. The van der Waals surface area contributed by atoms with Gasteiger partial charge < -0.3 is 10.4 Å². The number of rotatable bonds is 5. The summed E-state index contributed by atoms with van der Waals surface area (Å²) in [5.41, 5.74) is 1.66. The number of carbonyl (C=O) groups excluding carboxylic acids is 1. The second-order valence-electron chi connectivity index (χ2n) is 8.11. The molecule has 2 aliphatic rings. The largest absolute Gasteiger partial charge is 0.392 e. The highest BCUT2D eigenvalue weighted by Gasteiger charge is 2.42. The Morgan fingerprint density at radius 2 is 1.79 bits per heavy atom.